The van der Waals surface area contributed by atoms with Gasteiger partial charge < -0.3 is 19.7 Å². The summed E-state index contributed by atoms with van der Waals surface area (Å²) in [4.78, 5) is 14.1. The molecule has 1 heterocycles. The normalized spacial score (nSPS) is 19.0. The van der Waals surface area contributed by atoms with Crippen LogP contribution in [-0.4, -0.2) is 43.8 Å². The molecule has 0 aromatic heterocycles. The molecule has 1 aromatic rings. The molecular weight excluding hydrogens is 292 g/mol. The monoisotopic (exact) mass is 312 g/mol. The molecule has 0 bridgehead atoms. The zero-order valence-corrected chi connectivity index (χ0v) is 13.2. The van der Waals surface area contributed by atoms with Crippen molar-refractivity contribution in [1.29, 1.82) is 0 Å². The van der Waals surface area contributed by atoms with Crippen molar-refractivity contribution in [1.82, 2.24) is 10.2 Å². The lowest BCUT2D eigenvalue weighted by Crippen LogP contribution is -2.45. The fraction of sp³-hybridized carbons (Fsp3) is 0.533. The minimum absolute atomic E-state index is 0.0879. The van der Waals surface area contributed by atoms with Crippen LogP contribution >= 0.6 is 11.6 Å². The first-order valence-electron chi connectivity index (χ1n) is 7.06. The molecule has 1 atom stereocenters. The van der Waals surface area contributed by atoms with Crippen molar-refractivity contribution in [2.75, 3.05) is 26.9 Å². The minimum atomic E-state index is -0.0879. The molecular formula is C15H21ClN2O3. The van der Waals surface area contributed by atoms with Crippen molar-refractivity contribution in [3.63, 3.8) is 0 Å². The first-order valence-corrected chi connectivity index (χ1v) is 7.44. The van der Waals surface area contributed by atoms with Gasteiger partial charge in [-0.25, -0.2) is 4.79 Å². The first-order chi connectivity index (χ1) is 10.1. The number of urea groups is 1. The average molecular weight is 313 g/mol. The lowest BCUT2D eigenvalue weighted by molar-refractivity contribution is 0.142. The van der Waals surface area contributed by atoms with Gasteiger partial charge in [0.2, 0.25) is 0 Å². The third kappa shape index (κ3) is 4.25. The van der Waals surface area contributed by atoms with E-state index in [1.807, 2.05) is 11.8 Å². The molecule has 1 fully saturated rings. The SMILES string of the molecule is COc1ccc(Cl)cc1CNC(=O)N1CCOCCC1C. The highest BCUT2D eigenvalue weighted by atomic mass is 35.5. The molecule has 2 rings (SSSR count). The molecule has 1 aromatic carbocycles. The zero-order chi connectivity index (χ0) is 15.2. The quantitative estimate of drug-likeness (QED) is 0.933. The molecule has 0 aliphatic carbocycles. The predicted octanol–water partition coefficient (Wildman–Crippen LogP) is 2.67. The van der Waals surface area contributed by atoms with Gasteiger partial charge in [0.05, 0.1) is 13.7 Å². The number of rotatable bonds is 3. The molecule has 1 aliphatic heterocycles. The van der Waals surface area contributed by atoms with E-state index in [1.54, 1.807) is 25.3 Å². The molecule has 5 nitrogen and oxygen atoms in total. The Hall–Kier alpha value is -1.46. The second-order valence-corrected chi connectivity index (χ2v) is 5.49. The van der Waals surface area contributed by atoms with E-state index >= 15 is 0 Å². The number of hydrogen-bond acceptors (Lipinski definition) is 3. The molecule has 6 heteroatoms. The Morgan fingerprint density at radius 2 is 2.33 bits per heavy atom. The fourth-order valence-corrected chi connectivity index (χ4v) is 2.55. The van der Waals surface area contributed by atoms with Crippen LogP contribution in [0.15, 0.2) is 18.2 Å². The number of methoxy groups -OCH3 is 1. The molecule has 2 amide bonds. The van der Waals surface area contributed by atoms with Gasteiger partial charge in [-0.1, -0.05) is 11.6 Å². The van der Waals surface area contributed by atoms with Crippen LogP contribution < -0.4 is 10.1 Å². The zero-order valence-electron chi connectivity index (χ0n) is 12.4. The smallest absolute Gasteiger partial charge is 0.317 e. The molecule has 0 radical (unpaired) electrons. The molecule has 0 saturated carbocycles. The van der Waals surface area contributed by atoms with Crippen LogP contribution in [0.2, 0.25) is 5.02 Å². The Balaban J connectivity index is 1.98. The van der Waals surface area contributed by atoms with Gasteiger partial charge in [-0.05, 0) is 31.5 Å². The maximum Gasteiger partial charge on any atom is 0.317 e. The van der Waals surface area contributed by atoms with Gasteiger partial charge in [0.15, 0.2) is 0 Å². The van der Waals surface area contributed by atoms with Crippen molar-refractivity contribution in [2.45, 2.75) is 25.9 Å². The number of nitrogens with zero attached hydrogens (tertiary/aromatic N) is 1. The average Bonchev–Trinajstić information content (AvgIpc) is 2.69. The van der Waals surface area contributed by atoms with Gasteiger partial charge >= 0.3 is 6.03 Å². The minimum Gasteiger partial charge on any atom is -0.496 e. The van der Waals surface area contributed by atoms with Gasteiger partial charge in [-0.3, -0.25) is 0 Å². The van der Waals surface area contributed by atoms with Crippen LogP contribution in [0.4, 0.5) is 4.79 Å². The van der Waals surface area contributed by atoms with E-state index in [0.717, 1.165) is 12.0 Å². The highest BCUT2D eigenvalue weighted by Gasteiger charge is 2.22. The molecule has 116 valence electrons. The number of ether oxygens (including phenoxy) is 2. The largest absolute Gasteiger partial charge is 0.496 e. The summed E-state index contributed by atoms with van der Waals surface area (Å²) in [6.07, 6.45) is 0.855. The number of benzene rings is 1. The molecule has 1 N–H and O–H groups in total. The molecule has 0 spiro atoms. The van der Waals surface area contributed by atoms with E-state index in [2.05, 4.69) is 5.32 Å². The Bertz CT molecular complexity index is 496. The summed E-state index contributed by atoms with van der Waals surface area (Å²) in [6, 6.07) is 5.45. The van der Waals surface area contributed by atoms with Crippen molar-refractivity contribution >= 4 is 17.6 Å². The number of hydrogen-bond donors (Lipinski definition) is 1. The number of amides is 2. The van der Waals surface area contributed by atoms with Gasteiger partial charge in [0, 0.05) is 36.3 Å². The van der Waals surface area contributed by atoms with Gasteiger partial charge in [-0.2, -0.15) is 0 Å². The van der Waals surface area contributed by atoms with E-state index < -0.39 is 0 Å². The van der Waals surface area contributed by atoms with E-state index in [-0.39, 0.29) is 12.1 Å². The number of nitrogens with one attached hydrogen (secondary N) is 1. The van der Waals surface area contributed by atoms with Gasteiger partial charge in [0.25, 0.3) is 0 Å². The summed E-state index contributed by atoms with van der Waals surface area (Å²) in [5.74, 6) is 0.715. The third-order valence-electron chi connectivity index (χ3n) is 3.62. The summed E-state index contributed by atoms with van der Waals surface area (Å²) in [5, 5.41) is 3.54. The first kappa shape index (κ1) is 15.9. The molecule has 21 heavy (non-hydrogen) atoms. The van der Waals surface area contributed by atoms with Crippen LogP contribution in [0.5, 0.6) is 5.75 Å². The maximum absolute atomic E-state index is 12.3. The van der Waals surface area contributed by atoms with Crippen molar-refractivity contribution < 1.29 is 14.3 Å². The molecule has 1 aliphatic rings. The molecule has 1 unspecified atom stereocenters. The van der Waals surface area contributed by atoms with Crippen LogP contribution in [-0.2, 0) is 11.3 Å². The van der Waals surface area contributed by atoms with Crippen molar-refractivity contribution in [3.05, 3.63) is 28.8 Å². The summed E-state index contributed by atoms with van der Waals surface area (Å²) >= 11 is 5.99. The van der Waals surface area contributed by atoms with Crippen LogP contribution in [0.1, 0.15) is 18.9 Å². The van der Waals surface area contributed by atoms with Crippen LogP contribution in [0.3, 0.4) is 0 Å². The summed E-state index contributed by atoms with van der Waals surface area (Å²) in [6.45, 7) is 4.31. The Morgan fingerprint density at radius 3 is 3.10 bits per heavy atom. The number of carbonyl (C=O) groups excluding carboxylic acids is 1. The van der Waals surface area contributed by atoms with Crippen LogP contribution in [0.25, 0.3) is 0 Å². The van der Waals surface area contributed by atoms with Gasteiger partial charge in [-0.15, -0.1) is 0 Å². The standard InChI is InChI=1S/C15H21ClN2O3/c1-11-5-7-21-8-6-18(11)15(19)17-10-12-9-13(16)3-4-14(12)20-2/h3-4,9,11H,5-8,10H2,1-2H3,(H,17,19). The van der Waals surface area contributed by atoms with E-state index in [0.29, 0.717) is 37.1 Å². The summed E-state index contributed by atoms with van der Waals surface area (Å²) < 4.78 is 10.7. The summed E-state index contributed by atoms with van der Waals surface area (Å²) in [5.41, 5.74) is 0.858. The Morgan fingerprint density at radius 1 is 1.52 bits per heavy atom. The van der Waals surface area contributed by atoms with Crippen molar-refractivity contribution in [3.8, 4) is 5.75 Å². The second-order valence-electron chi connectivity index (χ2n) is 5.06. The lowest BCUT2D eigenvalue weighted by Gasteiger charge is -2.26. The summed E-state index contributed by atoms with van der Waals surface area (Å²) in [7, 11) is 1.60. The van der Waals surface area contributed by atoms with Gasteiger partial charge in [0.1, 0.15) is 5.75 Å². The highest BCUT2D eigenvalue weighted by Crippen LogP contribution is 2.22. The highest BCUT2D eigenvalue weighted by molar-refractivity contribution is 6.30. The van der Waals surface area contributed by atoms with E-state index in [9.17, 15) is 4.79 Å². The number of halogens is 1. The second kappa shape index (κ2) is 7.52. The maximum atomic E-state index is 12.3. The Labute approximate surface area is 130 Å². The fourth-order valence-electron chi connectivity index (χ4n) is 2.35. The third-order valence-corrected chi connectivity index (χ3v) is 3.86. The number of carbonyl (C=O) groups is 1. The molecule has 1 saturated heterocycles. The topological polar surface area (TPSA) is 50.8 Å². The van der Waals surface area contributed by atoms with Crippen LogP contribution in [0, 0.1) is 0 Å². The van der Waals surface area contributed by atoms with E-state index in [4.69, 9.17) is 21.1 Å². The predicted molar refractivity (Wildman–Crippen MR) is 81.8 cm³/mol. The van der Waals surface area contributed by atoms with E-state index in [1.165, 1.54) is 0 Å². The lowest BCUT2D eigenvalue weighted by atomic mass is 10.2. The van der Waals surface area contributed by atoms with Crippen molar-refractivity contribution in [2.24, 2.45) is 0 Å². The Kier molecular flexibility index (Phi) is 5.70.